The lowest BCUT2D eigenvalue weighted by molar-refractivity contribution is 0.0664. The Morgan fingerprint density at radius 2 is 1.92 bits per heavy atom. The van der Waals surface area contributed by atoms with E-state index in [0.717, 1.165) is 68.2 Å². The molecule has 0 radical (unpaired) electrons. The van der Waals surface area contributed by atoms with Crippen molar-refractivity contribution < 1.29 is 4.79 Å². The fourth-order valence-corrected chi connectivity index (χ4v) is 3.31. The summed E-state index contributed by atoms with van der Waals surface area (Å²) in [5, 5.41) is 6.55. The first kappa shape index (κ1) is 16.9. The van der Waals surface area contributed by atoms with E-state index in [0.29, 0.717) is 5.95 Å². The molecule has 7 heteroatoms. The molecule has 26 heavy (non-hydrogen) atoms. The van der Waals surface area contributed by atoms with Crippen molar-refractivity contribution in [1.29, 1.82) is 0 Å². The average Bonchev–Trinajstić information content (AvgIpc) is 2.68. The van der Waals surface area contributed by atoms with Crippen LogP contribution in [-0.2, 0) is 13.0 Å². The molecule has 1 amide bonds. The van der Waals surface area contributed by atoms with Crippen molar-refractivity contribution >= 4 is 17.5 Å². The molecule has 2 N–H and O–H groups in total. The van der Waals surface area contributed by atoms with Crippen LogP contribution in [0, 0.1) is 0 Å². The molecule has 0 spiro atoms. The maximum Gasteiger partial charge on any atom is 0.253 e. The molecular formula is C19H24N6O. The Hall–Kier alpha value is -2.51. The van der Waals surface area contributed by atoms with E-state index in [4.69, 9.17) is 0 Å². The number of amides is 1. The van der Waals surface area contributed by atoms with Crippen LogP contribution >= 0.6 is 0 Å². The summed E-state index contributed by atoms with van der Waals surface area (Å²) in [4.78, 5) is 25.7. The topological polar surface area (TPSA) is 73.4 Å². The number of nitrogens with zero attached hydrogens (tertiary/aromatic N) is 4. The Morgan fingerprint density at radius 3 is 2.69 bits per heavy atom. The zero-order valence-corrected chi connectivity index (χ0v) is 15.0. The monoisotopic (exact) mass is 352 g/mol. The Kier molecular flexibility index (Phi) is 4.81. The van der Waals surface area contributed by atoms with Gasteiger partial charge in [0, 0.05) is 68.7 Å². The summed E-state index contributed by atoms with van der Waals surface area (Å²) in [6.45, 7) is 5.21. The number of fused-ring (bicyclic) bond motifs is 1. The lowest BCUT2D eigenvalue weighted by atomic mass is 10.1. The van der Waals surface area contributed by atoms with Gasteiger partial charge in [-0.25, -0.2) is 9.97 Å². The van der Waals surface area contributed by atoms with Gasteiger partial charge in [-0.1, -0.05) is 0 Å². The lowest BCUT2D eigenvalue weighted by Gasteiger charge is -2.32. The number of piperazine rings is 1. The molecule has 0 unspecified atom stereocenters. The minimum absolute atomic E-state index is 0.0992. The summed E-state index contributed by atoms with van der Waals surface area (Å²) >= 11 is 0. The summed E-state index contributed by atoms with van der Waals surface area (Å²) in [7, 11) is 2.08. The molecule has 1 aromatic heterocycles. The number of nitrogens with one attached hydrogen (secondary N) is 2. The Labute approximate surface area is 153 Å². The molecule has 2 aliphatic rings. The van der Waals surface area contributed by atoms with Gasteiger partial charge in [0.1, 0.15) is 0 Å². The predicted molar refractivity (Wildman–Crippen MR) is 101 cm³/mol. The molecule has 136 valence electrons. The fourth-order valence-electron chi connectivity index (χ4n) is 3.31. The quantitative estimate of drug-likeness (QED) is 0.866. The first-order chi connectivity index (χ1) is 12.7. The Balaban J connectivity index is 1.42. The number of carbonyl (C=O) groups is 1. The van der Waals surface area contributed by atoms with Crippen LogP contribution in [0.2, 0.25) is 0 Å². The van der Waals surface area contributed by atoms with Crippen molar-refractivity contribution in [3.63, 3.8) is 0 Å². The van der Waals surface area contributed by atoms with Crippen molar-refractivity contribution in [1.82, 2.24) is 25.1 Å². The van der Waals surface area contributed by atoms with Crippen LogP contribution < -0.4 is 10.6 Å². The molecule has 3 heterocycles. The highest BCUT2D eigenvalue weighted by Gasteiger charge is 2.20. The van der Waals surface area contributed by atoms with Gasteiger partial charge in [-0.3, -0.25) is 4.79 Å². The minimum Gasteiger partial charge on any atom is -0.336 e. The first-order valence-electron chi connectivity index (χ1n) is 9.09. The van der Waals surface area contributed by atoms with Gasteiger partial charge in [-0.2, -0.15) is 0 Å². The number of likely N-dealkylation sites (N-methyl/N-ethyl adjacent to an activating group) is 1. The molecule has 7 nitrogen and oxygen atoms in total. The largest absolute Gasteiger partial charge is 0.336 e. The third-order valence-electron chi connectivity index (χ3n) is 4.99. The third-order valence-corrected chi connectivity index (χ3v) is 4.99. The van der Waals surface area contributed by atoms with E-state index in [2.05, 4.69) is 32.5 Å². The second kappa shape index (κ2) is 7.39. The number of aromatic nitrogens is 2. The van der Waals surface area contributed by atoms with Crippen molar-refractivity contribution in [3.05, 3.63) is 47.3 Å². The lowest BCUT2D eigenvalue weighted by Crippen LogP contribution is -2.47. The van der Waals surface area contributed by atoms with Crippen molar-refractivity contribution in [2.24, 2.45) is 0 Å². The Morgan fingerprint density at radius 1 is 1.15 bits per heavy atom. The summed E-state index contributed by atoms with van der Waals surface area (Å²) in [6.07, 6.45) is 2.80. The highest BCUT2D eigenvalue weighted by atomic mass is 16.2. The van der Waals surface area contributed by atoms with Gasteiger partial charge >= 0.3 is 0 Å². The second-order valence-electron chi connectivity index (χ2n) is 6.89. The van der Waals surface area contributed by atoms with Crippen LogP contribution in [0.15, 0.2) is 30.5 Å². The van der Waals surface area contributed by atoms with E-state index in [1.165, 1.54) is 0 Å². The van der Waals surface area contributed by atoms with E-state index < -0.39 is 0 Å². The zero-order valence-electron chi connectivity index (χ0n) is 15.0. The van der Waals surface area contributed by atoms with Gasteiger partial charge in [-0.15, -0.1) is 0 Å². The molecule has 2 aliphatic heterocycles. The van der Waals surface area contributed by atoms with E-state index in [1.807, 2.05) is 35.4 Å². The van der Waals surface area contributed by atoms with Gasteiger partial charge in [0.15, 0.2) is 0 Å². The summed E-state index contributed by atoms with van der Waals surface area (Å²) in [5.41, 5.74) is 3.87. The number of anilines is 2. The summed E-state index contributed by atoms with van der Waals surface area (Å²) in [5.74, 6) is 0.700. The van der Waals surface area contributed by atoms with Crippen LogP contribution in [0.1, 0.15) is 21.6 Å². The molecule has 1 saturated heterocycles. The molecule has 2 aromatic rings. The van der Waals surface area contributed by atoms with Crippen LogP contribution in [-0.4, -0.2) is 65.4 Å². The van der Waals surface area contributed by atoms with Crippen molar-refractivity contribution in [2.45, 2.75) is 13.0 Å². The number of rotatable bonds is 3. The summed E-state index contributed by atoms with van der Waals surface area (Å²) in [6, 6.07) is 7.55. The predicted octanol–water partition coefficient (Wildman–Crippen LogP) is 1.25. The fraction of sp³-hybridized carbons (Fsp3) is 0.421. The smallest absolute Gasteiger partial charge is 0.253 e. The van der Waals surface area contributed by atoms with Gasteiger partial charge in [0.2, 0.25) is 5.95 Å². The van der Waals surface area contributed by atoms with Crippen LogP contribution in [0.4, 0.5) is 11.6 Å². The highest BCUT2D eigenvalue weighted by molar-refractivity contribution is 5.94. The van der Waals surface area contributed by atoms with E-state index in [-0.39, 0.29) is 5.91 Å². The number of carbonyl (C=O) groups excluding carboxylic acids is 1. The van der Waals surface area contributed by atoms with Gasteiger partial charge < -0.3 is 20.4 Å². The standard InChI is InChI=1S/C19H24N6O/c1-24-8-10-25(11-9-24)18(26)14-2-4-16(5-3-14)22-19-21-13-15-12-20-7-6-17(15)23-19/h2-5,13,20H,6-12H2,1H3,(H,21,22,23). The normalized spacial score (nSPS) is 17.7. The number of benzene rings is 1. The number of hydrogen-bond donors (Lipinski definition) is 2. The van der Waals surface area contributed by atoms with E-state index >= 15 is 0 Å². The molecule has 1 aromatic carbocycles. The number of hydrogen-bond acceptors (Lipinski definition) is 6. The molecule has 0 atom stereocenters. The maximum absolute atomic E-state index is 12.6. The molecule has 4 rings (SSSR count). The van der Waals surface area contributed by atoms with Gasteiger partial charge in [0.05, 0.1) is 5.69 Å². The van der Waals surface area contributed by atoms with Crippen LogP contribution in [0.25, 0.3) is 0 Å². The average molecular weight is 352 g/mol. The molecular weight excluding hydrogens is 328 g/mol. The third kappa shape index (κ3) is 3.68. The van der Waals surface area contributed by atoms with E-state index in [9.17, 15) is 4.79 Å². The van der Waals surface area contributed by atoms with Crippen molar-refractivity contribution in [3.8, 4) is 0 Å². The second-order valence-corrected chi connectivity index (χ2v) is 6.89. The Bertz CT molecular complexity index is 783. The first-order valence-corrected chi connectivity index (χ1v) is 9.09. The van der Waals surface area contributed by atoms with Crippen LogP contribution in [0.5, 0.6) is 0 Å². The molecule has 0 saturated carbocycles. The minimum atomic E-state index is 0.0992. The van der Waals surface area contributed by atoms with Crippen LogP contribution in [0.3, 0.4) is 0 Å². The van der Waals surface area contributed by atoms with Crippen molar-refractivity contribution in [2.75, 3.05) is 45.1 Å². The maximum atomic E-state index is 12.6. The molecule has 0 aliphatic carbocycles. The SMILES string of the molecule is CN1CCN(C(=O)c2ccc(Nc3ncc4c(n3)CCNC4)cc2)CC1. The molecule has 0 bridgehead atoms. The van der Waals surface area contributed by atoms with Gasteiger partial charge in [0.25, 0.3) is 5.91 Å². The van der Waals surface area contributed by atoms with Gasteiger partial charge in [-0.05, 0) is 31.3 Å². The molecule has 1 fully saturated rings. The highest BCUT2D eigenvalue weighted by Crippen LogP contribution is 2.18. The van der Waals surface area contributed by atoms with E-state index in [1.54, 1.807) is 0 Å². The zero-order chi connectivity index (χ0) is 17.9. The summed E-state index contributed by atoms with van der Waals surface area (Å²) < 4.78 is 0.